The first-order valence-corrected chi connectivity index (χ1v) is 7.22. The van der Waals surface area contributed by atoms with E-state index in [1.54, 1.807) is 4.90 Å². The quantitative estimate of drug-likeness (QED) is 0.922. The van der Waals surface area contributed by atoms with Crippen LogP contribution in [-0.4, -0.2) is 55.5 Å². The molecule has 0 aliphatic carbocycles. The van der Waals surface area contributed by atoms with Gasteiger partial charge >= 0.3 is 6.18 Å². The molecule has 1 fully saturated rings. The molecule has 4 nitrogen and oxygen atoms in total. The average Bonchev–Trinajstić information content (AvgIpc) is 2.45. The first kappa shape index (κ1) is 16.9. The van der Waals surface area contributed by atoms with Crippen LogP contribution in [0.1, 0.15) is 5.56 Å². The SMILES string of the molecule is CN1CCN(C(=O)CNc2ccc(Cl)c(C(F)(F)F)c2)CC1. The molecule has 1 amide bonds. The van der Waals surface area contributed by atoms with Gasteiger partial charge in [0.25, 0.3) is 0 Å². The highest BCUT2D eigenvalue weighted by molar-refractivity contribution is 6.31. The fraction of sp³-hybridized carbons (Fsp3) is 0.500. The van der Waals surface area contributed by atoms with E-state index < -0.39 is 11.7 Å². The van der Waals surface area contributed by atoms with Gasteiger partial charge in [-0.1, -0.05) is 11.6 Å². The Bertz CT molecular complexity index is 543. The van der Waals surface area contributed by atoms with Crippen molar-refractivity contribution in [3.05, 3.63) is 28.8 Å². The van der Waals surface area contributed by atoms with E-state index in [1.165, 1.54) is 12.1 Å². The number of amides is 1. The largest absolute Gasteiger partial charge is 0.417 e. The Hall–Kier alpha value is -1.47. The van der Waals surface area contributed by atoms with E-state index in [9.17, 15) is 18.0 Å². The van der Waals surface area contributed by atoms with E-state index in [0.29, 0.717) is 13.1 Å². The molecule has 1 aliphatic heterocycles. The minimum atomic E-state index is -4.52. The Balaban J connectivity index is 1.95. The standard InChI is InChI=1S/C14H17ClF3N3O/c1-20-4-6-21(7-5-20)13(22)9-19-10-2-3-12(15)11(8-10)14(16,17)18/h2-3,8,19H,4-7,9H2,1H3. The second-order valence-corrected chi connectivity index (χ2v) is 5.64. The molecular formula is C14H17ClF3N3O. The maximum atomic E-state index is 12.8. The van der Waals surface area contributed by atoms with E-state index in [4.69, 9.17) is 11.6 Å². The number of hydrogen-bond acceptors (Lipinski definition) is 3. The number of rotatable bonds is 3. The predicted molar refractivity (Wildman–Crippen MR) is 79.0 cm³/mol. The third-order valence-corrected chi connectivity index (χ3v) is 3.90. The number of nitrogens with zero attached hydrogens (tertiary/aromatic N) is 2. The lowest BCUT2D eigenvalue weighted by Crippen LogP contribution is -2.48. The molecule has 22 heavy (non-hydrogen) atoms. The van der Waals surface area contributed by atoms with Gasteiger partial charge in [0.05, 0.1) is 17.1 Å². The summed E-state index contributed by atoms with van der Waals surface area (Å²) in [6.07, 6.45) is -4.52. The van der Waals surface area contributed by atoms with Crippen LogP contribution in [0.3, 0.4) is 0 Å². The molecule has 0 radical (unpaired) electrons. The zero-order valence-corrected chi connectivity index (χ0v) is 12.8. The number of benzene rings is 1. The second kappa shape index (κ2) is 6.75. The molecule has 0 aromatic heterocycles. The number of nitrogens with one attached hydrogen (secondary N) is 1. The molecule has 1 heterocycles. The average molecular weight is 336 g/mol. The Morgan fingerprint density at radius 1 is 1.27 bits per heavy atom. The first-order chi connectivity index (χ1) is 10.3. The summed E-state index contributed by atoms with van der Waals surface area (Å²) in [6.45, 7) is 2.81. The lowest BCUT2D eigenvalue weighted by Gasteiger charge is -2.32. The highest BCUT2D eigenvalue weighted by Gasteiger charge is 2.33. The lowest BCUT2D eigenvalue weighted by atomic mass is 10.2. The lowest BCUT2D eigenvalue weighted by molar-refractivity contribution is -0.137. The van der Waals surface area contributed by atoms with Crippen LogP contribution in [0.15, 0.2) is 18.2 Å². The van der Waals surface area contributed by atoms with Gasteiger partial charge in [-0.2, -0.15) is 13.2 Å². The minimum Gasteiger partial charge on any atom is -0.376 e. The molecule has 0 atom stereocenters. The summed E-state index contributed by atoms with van der Waals surface area (Å²) in [5.41, 5.74) is -0.689. The van der Waals surface area contributed by atoms with Crippen molar-refractivity contribution in [2.45, 2.75) is 6.18 Å². The number of alkyl halides is 3. The smallest absolute Gasteiger partial charge is 0.376 e. The first-order valence-electron chi connectivity index (χ1n) is 6.84. The fourth-order valence-corrected chi connectivity index (χ4v) is 2.42. The van der Waals surface area contributed by atoms with E-state index in [-0.39, 0.29) is 23.2 Å². The molecule has 1 aromatic rings. The normalized spacial score (nSPS) is 16.7. The van der Waals surface area contributed by atoms with E-state index in [2.05, 4.69) is 10.2 Å². The van der Waals surface area contributed by atoms with Crippen molar-refractivity contribution >= 4 is 23.2 Å². The summed E-state index contributed by atoms with van der Waals surface area (Å²) in [5.74, 6) is -0.128. The number of piperazine rings is 1. The van der Waals surface area contributed by atoms with Gasteiger partial charge in [-0.05, 0) is 25.2 Å². The van der Waals surface area contributed by atoms with Crippen LogP contribution >= 0.6 is 11.6 Å². The van der Waals surface area contributed by atoms with Crippen LogP contribution in [0.2, 0.25) is 5.02 Å². The molecule has 0 bridgehead atoms. The molecule has 2 rings (SSSR count). The van der Waals surface area contributed by atoms with Crippen molar-refractivity contribution in [1.82, 2.24) is 9.80 Å². The van der Waals surface area contributed by atoms with Gasteiger partial charge in [0, 0.05) is 31.9 Å². The number of halogens is 4. The van der Waals surface area contributed by atoms with Crippen molar-refractivity contribution in [3.8, 4) is 0 Å². The fourth-order valence-electron chi connectivity index (χ4n) is 2.20. The van der Waals surface area contributed by atoms with Crippen LogP contribution in [0.25, 0.3) is 0 Å². The molecule has 1 saturated heterocycles. The van der Waals surface area contributed by atoms with Gasteiger partial charge in [0.15, 0.2) is 0 Å². The third-order valence-electron chi connectivity index (χ3n) is 3.57. The number of hydrogen-bond donors (Lipinski definition) is 1. The monoisotopic (exact) mass is 335 g/mol. The maximum absolute atomic E-state index is 12.8. The molecule has 8 heteroatoms. The summed E-state index contributed by atoms with van der Waals surface area (Å²) >= 11 is 5.55. The molecule has 0 saturated carbocycles. The van der Waals surface area contributed by atoms with Crippen molar-refractivity contribution in [3.63, 3.8) is 0 Å². The summed E-state index contributed by atoms with van der Waals surface area (Å²) < 4.78 is 38.3. The minimum absolute atomic E-state index is 0.0390. The van der Waals surface area contributed by atoms with E-state index in [0.717, 1.165) is 19.2 Å². The predicted octanol–water partition coefficient (Wildman–Crippen LogP) is 2.54. The molecule has 1 aromatic carbocycles. The van der Waals surface area contributed by atoms with Gasteiger partial charge in [-0.25, -0.2) is 0 Å². The summed E-state index contributed by atoms with van der Waals surface area (Å²) in [7, 11) is 1.98. The van der Waals surface area contributed by atoms with Gasteiger partial charge in [0.2, 0.25) is 5.91 Å². The van der Waals surface area contributed by atoms with Crippen LogP contribution in [0.5, 0.6) is 0 Å². The molecular weight excluding hydrogens is 319 g/mol. The third kappa shape index (κ3) is 4.27. The summed E-state index contributed by atoms with van der Waals surface area (Å²) in [6, 6.07) is 3.52. The molecule has 0 unspecified atom stereocenters. The van der Waals surface area contributed by atoms with Crippen LogP contribution < -0.4 is 5.32 Å². The maximum Gasteiger partial charge on any atom is 0.417 e. The summed E-state index contributed by atoms with van der Waals surface area (Å²) in [5, 5.41) is 2.37. The molecule has 122 valence electrons. The Labute approximate surface area is 131 Å². The topological polar surface area (TPSA) is 35.6 Å². The Morgan fingerprint density at radius 2 is 1.91 bits per heavy atom. The van der Waals surface area contributed by atoms with Gasteiger partial charge < -0.3 is 15.1 Å². The van der Waals surface area contributed by atoms with Crippen molar-refractivity contribution in [2.24, 2.45) is 0 Å². The number of likely N-dealkylation sites (N-methyl/N-ethyl adjacent to an activating group) is 1. The molecule has 1 N–H and O–H groups in total. The highest BCUT2D eigenvalue weighted by Crippen LogP contribution is 2.36. The van der Waals surface area contributed by atoms with Gasteiger partial charge in [-0.3, -0.25) is 4.79 Å². The number of carbonyl (C=O) groups is 1. The van der Waals surface area contributed by atoms with E-state index >= 15 is 0 Å². The van der Waals surface area contributed by atoms with Crippen molar-refractivity contribution in [2.75, 3.05) is 45.1 Å². The number of carbonyl (C=O) groups excluding carboxylic acids is 1. The highest BCUT2D eigenvalue weighted by atomic mass is 35.5. The molecule has 0 spiro atoms. The van der Waals surface area contributed by atoms with Crippen LogP contribution in [0.4, 0.5) is 18.9 Å². The van der Waals surface area contributed by atoms with Gasteiger partial charge in [-0.15, -0.1) is 0 Å². The zero-order chi connectivity index (χ0) is 16.3. The Kier molecular flexibility index (Phi) is 5.18. The summed E-state index contributed by atoms with van der Waals surface area (Å²) in [4.78, 5) is 15.8. The Morgan fingerprint density at radius 3 is 2.50 bits per heavy atom. The number of anilines is 1. The van der Waals surface area contributed by atoms with E-state index in [1.807, 2.05) is 7.05 Å². The van der Waals surface area contributed by atoms with Gasteiger partial charge in [0.1, 0.15) is 0 Å². The van der Waals surface area contributed by atoms with Crippen molar-refractivity contribution in [1.29, 1.82) is 0 Å². The van der Waals surface area contributed by atoms with Crippen molar-refractivity contribution < 1.29 is 18.0 Å². The van der Waals surface area contributed by atoms with Crippen LogP contribution in [-0.2, 0) is 11.0 Å². The second-order valence-electron chi connectivity index (χ2n) is 5.23. The molecule has 1 aliphatic rings. The zero-order valence-electron chi connectivity index (χ0n) is 12.1. The van der Waals surface area contributed by atoms with Crippen LogP contribution in [0, 0.1) is 0 Å².